The number of nitrogens with two attached hydrogens (primary N) is 1. The number of benzene rings is 1. The van der Waals surface area contributed by atoms with Crippen LogP contribution in [0.1, 0.15) is 21.7 Å². The number of nitrogen functional groups attached to an aromatic ring is 1. The molecule has 1 aromatic heterocycles. The highest BCUT2D eigenvalue weighted by Gasteiger charge is 2.24. The van der Waals surface area contributed by atoms with Crippen LogP contribution in [0, 0.1) is 0 Å². The van der Waals surface area contributed by atoms with Crippen LogP contribution in [0.2, 0.25) is 0 Å². The van der Waals surface area contributed by atoms with E-state index in [0.29, 0.717) is 18.9 Å². The molecule has 0 spiro atoms. The number of imidazole rings is 1. The Labute approximate surface area is 111 Å². The molecule has 1 aliphatic heterocycles. The lowest BCUT2D eigenvalue weighted by molar-refractivity contribution is 0.0719. The molecule has 5 heteroatoms. The Hall–Kier alpha value is -2.30. The largest absolute Gasteiger partial charge is 0.398 e. The summed E-state index contributed by atoms with van der Waals surface area (Å²) in [4.78, 5) is 18.3. The number of aromatic nitrogens is 2. The van der Waals surface area contributed by atoms with Crippen molar-refractivity contribution < 1.29 is 4.79 Å². The quantitative estimate of drug-likeness (QED) is 0.780. The average molecular weight is 256 g/mol. The van der Waals surface area contributed by atoms with E-state index < -0.39 is 0 Å². The van der Waals surface area contributed by atoms with E-state index in [1.807, 2.05) is 30.1 Å². The highest BCUT2D eigenvalue weighted by atomic mass is 16.2. The first-order valence-corrected chi connectivity index (χ1v) is 6.29. The van der Waals surface area contributed by atoms with Gasteiger partial charge in [-0.1, -0.05) is 12.1 Å². The second-order valence-corrected chi connectivity index (χ2v) is 4.82. The molecule has 5 nitrogen and oxygen atoms in total. The number of hydrogen-bond acceptors (Lipinski definition) is 3. The second-order valence-electron chi connectivity index (χ2n) is 4.82. The third-order valence-corrected chi connectivity index (χ3v) is 3.60. The zero-order chi connectivity index (χ0) is 13.4. The van der Waals surface area contributed by atoms with E-state index in [2.05, 4.69) is 4.98 Å². The van der Waals surface area contributed by atoms with Crippen molar-refractivity contribution in [2.24, 2.45) is 7.05 Å². The maximum atomic E-state index is 12.4. The van der Waals surface area contributed by atoms with Gasteiger partial charge in [-0.05, 0) is 23.6 Å². The van der Waals surface area contributed by atoms with Gasteiger partial charge in [0.05, 0.1) is 0 Å². The van der Waals surface area contributed by atoms with Crippen molar-refractivity contribution in [1.82, 2.24) is 14.5 Å². The molecule has 0 saturated heterocycles. The molecule has 0 radical (unpaired) electrons. The lowest BCUT2D eigenvalue weighted by Crippen LogP contribution is -2.37. The first kappa shape index (κ1) is 11.8. The number of rotatable bonds is 1. The Morgan fingerprint density at radius 1 is 1.42 bits per heavy atom. The van der Waals surface area contributed by atoms with Crippen LogP contribution in [0.5, 0.6) is 0 Å². The second kappa shape index (κ2) is 4.42. The summed E-state index contributed by atoms with van der Waals surface area (Å²) in [5.41, 5.74) is 9.09. The minimum atomic E-state index is -0.0272. The summed E-state index contributed by atoms with van der Waals surface area (Å²) in [6.45, 7) is 1.29. The number of nitrogens with zero attached hydrogens (tertiary/aromatic N) is 3. The summed E-state index contributed by atoms with van der Waals surface area (Å²) in [7, 11) is 1.83. The molecule has 0 unspecified atom stereocenters. The fraction of sp³-hybridized carbons (Fsp3) is 0.286. The molecule has 0 bridgehead atoms. The molecule has 3 rings (SSSR count). The van der Waals surface area contributed by atoms with Crippen molar-refractivity contribution in [3.63, 3.8) is 0 Å². The van der Waals surface area contributed by atoms with Gasteiger partial charge in [-0.15, -0.1) is 0 Å². The molecule has 19 heavy (non-hydrogen) atoms. The fourth-order valence-electron chi connectivity index (χ4n) is 2.53. The topological polar surface area (TPSA) is 64.2 Å². The maximum Gasteiger partial charge on any atom is 0.290 e. The van der Waals surface area contributed by atoms with Crippen molar-refractivity contribution in [3.8, 4) is 0 Å². The van der Waals surface area contributed by atoms with E-state index in [0.717, 1.165) is 17.7 Å². The lowest BCUT2D eigenvalue weighted by Gasteiger charge is -2.29. The zero-order valence-corrected chi connectivity index (χ0v) is 10.8. The summed E-state index contributed by atoms with van der Waals surface area (Å²) < 4.78 is 1.75. The van der Waals surface area contributed by atoms with Crippen LogP contribution < -0.4 is 5.73 Å². The van der Waals surface area contributed by atoms with E-state index >= 15 is 0 Å². The summed E-state index contributed by atoms with van der Waals surface area (Å²) in [5.74, 6) is 0.452. The van der Waals surface area contributed by atoms with Gasteiger partial charge in [0, 0.05) is 38.2 Å². The highest BCUT2D eigenvalue weighted by Crippen LogP contribution is 2.24. The van der Waals surface area contributed by atoms with Crippen LogP contribution in [-0.2, 0) is 20.0 Å². The molecule has 2 aromatic rings. The monoisotopic (exact) mass is 256 g/mol. The van der Waals surface area contributed by atoms with E-state index in [9.17, 15) is 4.79 Å². The Morgan fingerprint density at radius 3 is 3.00 bits per heavy atom. The number of carbonyl (C=O) groups is 1. The number of hydrogen-bond donors (Lipinski definition) is 1. The molecular weight excluding hydrogens is 240 g/mol. The maximum absolute atomic E-state index is 12.4. The molecule has 1 aliphatic rings. The summed E-state index contributed by atoms with van der Waals surface area (Å²) in [6, 6.07) is 5.88. The molecule has 1 amide bonds. The van der Waals surface area contributed by atoms with Crippen LogP contribution in [0.15, 0.2) is 30.6 Å². The van der Waals surface area contributed by atoms with Crippen LogP contribution in [0.25, 0.3) is 0 Å². The summed E-state index contributed by atoms with van der Waals surface area (Å²) in [5, 5.41) is 0. The lowest BCUT2D eigenvalue weighted by atomic mass is 9.98. The van der Waals surface area contributed by atoms with E-state index in [1.54, 1.807) is 17.0 Å². The standard InChI is InChI=1S/C14H16N4O/c1-17-8-6-16-13(17)14(19)18-7-5-11-10(9-18)3-2-4-12(11)15/h2-4,6,8H,5,7,9,15H2,1H3. The van der Waals surface area contributed by atoms with Gasteiger partial charge in [0.1, 0.15) is 0 Å². The van der Waals surface area contributed by atoms with E-state index in [-0.39, 0.29) is 5.91 Å². The number of amides is 1. The molecular formula is C14H16N4O. The van der Waals surface area contributed by atoms with E-state index in [1.165, 1.54) is 5.56 Å². The van der Waals surface area contributed by atoms with Crippen LogP contribution in [0.3, 0.4) is 0 Å². The minimum absolute atomic E-state index is 0.0272. The minimum Gasteiger partial charge on any atom is -0.398 e. The summed E-state index contributed by atoms with van der Waals surface area (Å²) >= 11 is 0. The third-order valence-electron chi connectivity index (χ3n) is 3.60. The highest BCUT2D eigenvalue weighted by molar-refractivity contribution is 5.91. The number of aryl methyl sites for hydroxylation is 1. The van der Waals surface area contributed by atoms with E-state index in [4.69, 9.17) is 5.73 Å². The summed E-state index contributed by atoms with van der Waals surface area (Å²) in [6.07, 6.45) is 4.23. The Kier molecular flexibility index (Phi) is 2.74. The van der Waals surface area contributed by atoms with Crippen molar-refractivity contribution in [1.29, 1.82) is 0 Å². The van der Waals surface area contributed by atoms with Crippen LogP contribution in [0.4, 0.5) is 5.69 Å². The van der Waals surface area contributed by atoms with Crippen molar-refractivity contribution in [2.75, 3.05) is 12.3 Å². The SMILES string of the molecule is Cn1ccnc1C(=O)N1CCc2c(N)cccc2C1. The molecule has 1 aromatic carbocycles. The normalized spacial score (nSPS) is 14.3. The Balaban J connectivity index is 1.87. The first-order valence-electron chi connectivity index (χ1n) is 6.29. The van der Waals surface area contributed by atoms with Crippen LogP contribution >= 0.6 is 0 Å². The molecule has 2 heterocycles. The molecule has 98 valence electrons. The Bertz CT molecular complexity index is 632. The number of carbonyl (C=O) groups excluding carboxylic acids is 1. The van der Waals surface area contributed by atoms with Gasteiger partial charge in [0.15, 0.2) is 5.82 Å². The van der Waals surface area contributed by atoms with Crippen molar-refractivity contribution in [2.45, 2.75) is 13.0 Å². The van der Waals surface area contributed by atoms with Gasteiger partial charge >= 0.3 is 0 Å². The first-order chi connectivity index (χ1) is 9.16. The Morgan fingerprint density at radius 2 is 2.26 bits per heavy atom. The molecule has 0 aliphatic carbocycles. The van der Waals surface area contributed by atoms with Gasteiger partial charge in [0.2, 0.25) is 0 Å². The van der Waals surface area contributed by atoms with Gasteiger partial charge in [-0.25, -0.2) is 4.98 Å². The van der Waals surface area contributed by atoms with Crippen LogP contribution in [-0.4, -0.2) is 26.9 Å². The van der Waals surface area contributed by atoms with Crippen molar-refractivity contribution in [3.05, 3.63) is 47.5 Å². The smallest absolute Gasteiger partial charge is 0.290 e. The molecule has 0 fully saturated rings. The van der Waals surface area contributed by atoms with Gasteiger partial charge in [-0.3, -0.25) is 4.79 Å². The molecule has 0 saturated carbocycles. The molecule has 2 N–H and O–H groups in total. The predicted octanol–water partition coefficient (Wildman–Crippen LogP) is 1.20. The van der Waals surface area contributed by atoms with Gasteiger partial charge in [0.25, 0.3) is 5.91 Å². The fourth-order valence-corrected chi connectivity index (χ4v) is 2.53. The number of anilines is 1. The molecule has 0 atom stereocenters. The third kappa shape index (κ3) is 1.97. The average Bonchev–Trinajstić information content (AvgIpc) is 2.84. The van der Waals surface area contributed by atoms with Gasteiger partial charge in [-0.2, -0.15) is 0 Å². The van der Waals surface area contributed by atoms with Gasteiger partial charge < -0.3 is 15.2 Å². The zero-order valence-electron chi connectivity index (χ0n) is 10.8. The van der Waals surface area contributed by atoms with Crippen molar-refractivity contribution >= 4 is 11.6 Å². The predicted molar refractivity (Wildman–Crippen MR) is 72.5 cm³/mol. The number of fused-ring (bicyclic) bond motifs is 1.